The van der Waals surface area contributed by atoms with Gasteiger partial charge in [0.25, 0.3) is 0 Å². The number of rotatable bonds is 4. The molecule has 1 saturated heterocycles. The van der Waals surface area contributed by atoms with Crippen LogP contribution in [0.4, 0.5) is 9.59 Å². The lowest BCUT2D eigenvalue weighted by molar-refractivity contribution is 0.0109. The zero-order valence-corrected chi connectivity index (χ0v) is 20.4. The minimum atomic E-state index is -0.496. The summed E-state index contributed by atoms with van der Waals surface area (Å²) in [5, 5.41) is 0. The van der Waals surface area contributed by atoms with E-state index in [2.05, 4.69) is 23.1 Å². The smallest absolute Gasteiger partial charge is 0.410 e. The highest BCUT2D eigenvalue weighted by Crippen LogP contribution is 2.25. The summed E-state index contributed by atoms with van der Waals surface area (Å²) in [5.74, 6) is 0. The van der Waals surface area contributed by atoms with Crippen molar-refractivity contribution in [2.24, 2.45) is 0 Å². The lowest BCUT2D eigenvalue weighted by Gasteiger charge is -2.41. The molecule has 0 saturated carbocycles. The lowest BCUT2D eigenvalue weighted by atomic mass is 9.94. The summed E-state index contributed by atoms with van der Waals surface area (Å²) in [5.41, 5.74) is 2.94. The van der Waals surface area contributed by atoms with Crippen molar-refractivity contribution in [1.29, 1.82) is 0 Å². The molecule has 1 fully saturated rings. The van der Waals surface area contributed by atoms with Crippen LogP contribution in [0.15, 0.2) is 54.6 Å². The van der Waals surface area contributed by atoms with Crippen LogP contribution in [-0.4, -0.2) is 71.3 Å². The molecule has 182 valence electrons. The van der Waals surface area contributed by atoms with Gasteiger partial charge < -0.3 is 14.4 Å². The Balaban J connectivity index is 1.38. The zero-order valence-electron chi connectivity index (χ0n) is 20.4. The topological polar surface area (TPSA) is 62.3 Å². The number of nitrogens with zero attached hydrogens (tertiary/aromatic N) is 3. The number of hydrogen-bond acceptors (Lipinski definition) is 5. The number of benzene rings is 2. The van der Waals surface area contributed by atoms with Gasteiger partial charge in [-0.2, -0.15) is 0 Å². The van der Waals surface area contributed by atoms with Crippen molar-refractivity contribution in [1.82, 2.24) is 14.7 Å². The van der Waals surface area contributed by atoms with Crippen LogP contribution < -0.4 is 0 Å². The van der Waals surface area contributed by atoms with Gasteiger partial charge in [0.2, 0.25) is 0 Å². The van der Waals surface area contributed by atoms with Crippen LogP contribution in [0.1, 0.15) is 37.5 Å². The summed E-state index contributed by atoms with van der Waals surface area (Å²) >= 11 is 0. The van der Waals surface area contributed by atoms with E-state index in [9.17, 15) is 9.59 Å². The number of ether oxygens (including phenoxy) is 2. The van der Waals surface area contributed by atoms with Gasteiger partial charge in [-0.25, -0.2) is 9.59 Å². The van der Waals surface area contributed by atoms with Crippen molar-refractivity contribution in [3.63, 3.8) is 0 Å². The SMILES string of the molecule is CC(C)(C)OC(=O)N1CCN(CC2Cc3ccccc3CN2C(=O)OCc2ccccc2)CC1. The van der Waals surface area contributed by atoms with Crippen LogP contribution in [0.25, 0.3) is 0 Å². The van der Waals surface area contributed by atoms with Crippen molar-refractivity contribution in [3.05, 3.63) is 71.3 Å². The van der Waals surface area contributed by atoms with E-state index in [0.717, 1.165) is 31.6 Å². The van der Waals surface area contributed by atoms with Crippen LogP contribution in [-0.2, 0) is 29.0 Å². The van der Waals surface area contributed by atoms with Crippen LogP contribution in [0.5, 0.6) is 0 Å². The Morgan fingerprint density at radius 3 is 2.21 bits per heavy atom. The standard InChI is InChI=1S/C27H35N3O4/c1-27(2,3)34-25(31)29-15-13-28(14-16-29)19-24-17-22-11-7-8-12-23(22)18-30(24)26(32)33-20-21-9-5-4-6-10-21/h4-12,24H,13-20H2,1-3H3. The number of fused-ring (bicyclic) bond motifs is 1. The molecule has 7 heteroatoms. The Labute approximate surface area is 202 Å². The highest BCUT2D eigenvalue weighted by molar-refractivity contribution is 5.69. The van der Waals surface area contributed by atoms with Gasteiger partial charge in [-0.15, -0.1) is 0 Å². The van der Waals surface area contributed by atoms with E-state index < -0.39 is 5.60 Å². The van der Waals surface area contributed by atoms with Gasteiger partial charge in [0.1, 0.15) is 12.2 Å². The maximum Gasteiger partial charge on any atom is 0.410 e. The number of piperazine rings is 1. The predicted octanol–water partition coefficient (Wildman–Crippen LogP) is 4.30. The molecule has 0 aliphatic carbocycles. The summed E-state index contributed by atoms with van der Waals surface area (Å²) in [6.07, 6.45) is 0.253. The van der Waals surface area contributed by atoms with E-state index in [1.807, 2.05) is 62.1 Å². The average Bonchev–Trinajstić information content (AvgIpc) is 2.82. The molecule has 0 aromatic heterocycles. The Kier molecular flexibility index (Phi) is 7.41. The van der Waals surface area contributed by atoms with E-state index in [1.165, 1.54) is 11.1 Å². The maximum atomic E-state index is 13.1. The minimum Gasteiger partial charge on any atom is -0.445 e. The minimum absolute atomic E-state index is 0.0197. The summed E-state index contributed by atoms with van der Waals surface area (Å²) < 4.78 is 11.2. The summed E-state index contributed by atoms with van der Waals surface area (Å²) in [4.78, 5) is 31.5. The van der Waals surface area contributed by atoms with E-state index in [4.69, 9.17) is 9.47 Å². The largest absolute Gasteiger partial charge is 0.445 e. The van der Waals surface area contributed by atoms with Crippen molar-refractivity contribution < 1.29 is 19.1 Å². The number of carbonyl (C=O) groups excluding carboxylic acids is 2. The number of hydrogen-bond donors (Lipinski definition) is 0. The molecule has 0 bridgehead atoms. The molecule has 2 heterocycles. The molecule has 2 aromatic rings. The van der Waals surface area contributed by atoms with Crippen molar-refractivity contribution in [2.45, 2.75) is 52.0 Å². The highest BCUT2D eigenvalue weighted by Gasteiger charge is 2.33. The van der Waals surface area contributed by atoms with Crippen molar-refractivity contribution in [3.8, 4) is 0 Å². The first kappa shape index (κ1) is 24.1. The third-order valence-electron chi connectivity index (χ3n) is 6.29. The summed E-state index contributed by atoms with van der Waals surface area (Å²) in [7, 11) is 0. The van der Waals surface area contributed by atoms with Gasteiger partial charge in [-0.05, 0) is 43.9 Å². The van der Waals surface area contributed by atoms with E-state index >= 15 is 0 Å². The third-order valence-corrected chi connectivity index (χ3v) is 6.29. The lowest BCUT2D eigenvalue weighted by Crippen LogP contribution is -2.55. The molecule has 4 rings (SSSR count). The zero-order chi connectivity index (χ0) is 24.1. The molecular formula is C27H35N3O4. The van der Waals surface area contributed by atoms with Crippen LogP contribution in [0, 0.1) is 0 Å². The quantitative estimate of drug-likeness (QED) is 0.674. The predicted molar refractivity (Wildman–Crippen MR) is 130 cm³/mol. The van der Waals surface area contributed by atoms with Crippen LogP contribution in [0.3, 0.4) is 0 Å². The molecule has 0 radical (unpaired) electrons. The second-order valence-corrected chi connectivity index (χ2v) is 10.1. The van der Waals surface area contributed by atoms with E-state index in [0.29, 0.717) is 19.6 Å². The number of amides is 2. The summed E-state index contributed by atoms with van der Waals surface area (Å²) in [6, 6.07) is 18.1. The Morgan fingerprint density at radius 1 is 0.882 bits per heavy atom. The normalized spacial score (nSPS) is 18.9. The number of carbonyl (C=O) groups is 2. The maximum absolute atomic E-state index is 13.1. The molecule has 7 nitrogen and oxygen atoms in total. The van der Waals surface area contributed by atoms with E-state index in [1.54, 1.807) is 4.90 Å². The molecule has 2 aromatic carbocycles. The highest BCUT2D eigenvalue weighted by atomic mass is 16.6. The van der Waals surface area contributed by atoms with Gasteiger partial charge in [-0.3, -0.25) is 9.80 Å². The molecule has 1 unspecified atom stereocenters. The molecule has 0 N–H and O–H groups in total. The van der Waals surface area contributed by atoms with Gasteiger partial charge in [0, 0.05) is 39.3 Å². The first-order valence-corrected chi connectivity index (χ1v) is 12.0. The van der Waals surface area contributed by atoms with E-state index in [-0.39, 0.29) is 24.8 Å². The second-order valence-electron chi connectivity index (χ2n) is 10.1. The first-order valence-electron chi connectivity index (χ1n) is 12.0. The van der Waals surface area contributed by atoms with Gasteiger partial charge in [-0.1, -0.05) is 54.6 Å². The van der Waals surface area contributed by atoms with Crippen LogP contribution in [0.2, 0.25) is 0 Å². The average molecular weight is 466 g/mol. The monoisotopic (exact) mass is 465 g/mol. The van der Waals surface area contributed by atoms with Crippen molar-refractivity contribution >= 4 is 12.2 Å². The van der Waals surface area contributed by atoms with Gasteiger partial charge >= 0.3 is 12.2 Å². The molecule has 2 aliphatic heterocycles. The molecular weight excluding hydrogens is 430 g/mol. The molecule has 1 atom stereocenters. The van der Waals surface area contributed by atoms with Crippen LogP contribution >= 0.6 is 0 Å². The molecule has 0 spiro atoms. The van der Waals surface area contributed by atoms with Gasteiger partial charge in [0.15, 0.2) is 0 Å². The molecule has 34 heavy (non-hydrogen) atoms. The third kappa shape index (κ3) is 6.29. The Hall–Kier alpha value is -3.06. The summed E-state index contributed by atoms with van der Waals surface area (Å²) in [6.45, 7) is 9.96. The fourth-order valence-electron chi connectivity index (χ4n) is 4.50. The molecule has 2 amide bonds. The first-order chi connectivity index (χ1) is 16.3. The Bertz CT molecular complexity index is 981. The molecule has 2 aliphatic rings. The second kappa shape index (κ2) is 10.5. The van der Waals surface area contributed by atoms with Crippen molar-refractivity contribution in [2.75, 3.05) is 32.7 Å². The Morgan fingerprint density at radius 2 is 1.53 bits per heavy atom. The fourth-order valence-corrected chi connectivity index (χ4v) is 4.50. The fraction of sp³-hybridized carbons (Fsp3) is 0.481. The van der Waals surface area contributed by atoms with Gasteiger partial charge in [0.05, 0.1) is 6.04 Å².